The van der Waals surface area contributed by atoms with Crippen LogP contribution in [-0.4, -0.2) is 23.1 Å². The number of aromatic nitrogens is 2. The minimum Gasteiger partial charge on any atom is -0.371 e. The third-order valence-corrected chi connectivity index (χ3v) is 2.01. The molecule has 0 saturated heterocycles. The number of ether oxygens (including phenoxy) is 1. The number of hydrogen-bond acceptors (Lipinski definition) is 4. The first-order valence-electron chi connectivity index (χ1n) is 5.38. The number of aryl methyl sites for hydroxylation is 1. The molecular formula is C11H19N3O. The highest BCUT2D eigenvalue weighted by atomic mass is 16.5. The highest BCUT2D eigenvalue weighted by Gasteiger charge is 2.09. The van der Waals surface area contributed by atoms with Gasteiger partial charge in [-0.3, -0.25) is 0 Å². The summed E-state index contributed by atoms with van der Waals surface area (Å²) in [5, 5.41) is 3.18. The smallest absolute Gasteiger partial charge is 0.159 e. The first kappa shape index (κ1) is 11.9. The van der Waals surface area contributed by atoms with E-state index in [0.29, 0.717) is 6.61 Å². The van der Waals surface area contributed by atoms with Crippen LogP contribution in [0.4, 0.5) is 5.82 Å². The van der Waals surface area contributed by atoms with Crippen LogP contribution in [0.1, 0.15) is 38.4 Å². The first-order valence-corrected chi connectivity index (χ1v) is 5.38. The van der Waals surface area contributed by atoms with Gasteiger partial charge in [-0.2, -0.15) is 0 Å². The van der Waals surface area contributed by atoms with Crippen LogP contribution < -0.4 is 5.32 Å². The average Bonchev–Trinajstić information content (AvgIpc) is 2.17. The molecule has 1 unspecified atom stereocenters. The highest BCUT2D eigenvalue weighted by Crippen LogP contribution is 2.15. The summed E-state index contributed by atoms with van der Waals surface area (Å²) < 4.78 is 5.46. The van der Waals surface area contributed by atoms with E-state index in [0.717, 1.165) is 23.9 Å². The SMILES string of the molecule is CCNc1cc(C)nc(C(C)OCC)n1. The lowest BCUT2D eigenvalue weighted by molar-refractivity contribution is 0.0700. The third-order valence-electron chi connectivity index (χ3n) is 2.01. The quantitative estimate of drug-likeness (QED) is 0.808. The number of rotatable bonds is 5. The third kappa shape index (κ3) is 3.47. The van der Waals surface area contributed by atoms with Crippen LogP contribution in [0.3, 0.4) is 0 Å². The summed E-state index contributed by atoms with van der Waals surface area (Å²) >= 11 is 0. The lowest BCUT2D eigenvalue weighted by Gasteiger charge is -2.12. The van der Waals surface area contributed by atoms with Gasteiger partial charge in [-0.05, 0) is 27.7 Å². The number of anilines is 1. The minimum absolute atomic E-state index is 0.0488. The van der Waals surface area contributed by atoms with Gasteiger partial charge in [-0.1, -0.05) is 0 Å². The fraction of sp³-hybridized carbons (Fsp3) is 0.636. The second-order valence-electron chi connectivity index (χ2n) is 3.38. The molecule has 0 saturated carbocycles. The molecule has 1 aromatic rings. The van der Waals surface area contributed by atoms with Crippen molar-refractivity contribution in [1.29, 1.82) is 0 Å². The Morgan fingerprint density at radius 3 is 2.73 bits per heavy atom. The summed E-state index contributed by atoms with van der Waals surface area (Å²) in [6.07, 6.45) is -0.0488. The Morgan fingerprint density at radius 1 is 1.40 bits per heavy atom. The van der Waals surface area contributed by atoms with Gasteiger partial charge in [0.25, 0.3) is 0 Å². The molecule has 1 atom stereocenters. The van der Waals surface area contributed by atoms with Crippen molar-refractivity contribution in [2.45, 2.75) is 33.8 Å². The Labute approximate surface area is 91.1 Å². The van der Waals surface area contributed by atoms with Crippen molar-refractivity contribution in [1.82, 2.24) is 9.97 Å². The van der Waals surface area contributed by atoms with Crippen molar-refractivity contribution in [3.05, 3.63) is 17.6 Å². The second-order valence-corrected chi connectivity index (χ2v) is 3.38. The summed E-state index contributed by atoms with van der Waals surface area (Å²) in [4.78, 5) is 8.75. The number of nitrogens with one attached hydrogen (secondary N) is 1. The Balaban J connectivity index is 2.87. The second kappa shape index (κ2) is 5.66. The fourth-order valence-corrected chi connectivity index (χ4v) is 1.37. The van der Waals surface area contributed by atoms with Gasteiger partial charge in [-0.15, -0.1) is 0 Å². The molecule has 4 nitrogen and oxygen atoms in total. The summed E-state index contributed by atoms with van der Waals surface area (Å²) in [7, 11) is 0. The van der Waals surface area contributed by atoms with Crippen molar-refractivity contribution < 1.29 is 4.74 Å². The molecule has 1 rings (SSSR count). The molecule has 0 spiro atoms. The molecular weight excluding hydrogens is 190 g/mol. The molecule has 0 amide bonds. The van der Waals surface area contributed by atoms with Gasteiger partial charge < -0.3 is 10.1 Å². The molecule has 0 fully saturated rings. The van der Waals surface area contributed by atoms with Crippen molar-refractivity contribution in [3.63, 3.8) is 0 Å². The maximum Gasteiger partial charge on any atom is 0.159 e. The zero-order valence-corrected chi connectivity index (χ0v) is 9.87. The van der Waals surface area contributed by atoms with Crippen molar-refractivity contribution in [3.8, 4) is 0 Å². The molecule has 0 radical (unpaired) electrons. The largest absolute Gasteiger partial charge is 0.371 e. The van der Waals surface area contributed by atoms with Crippen LogP contribution in [0.15, 0.2) is 6.07 Å². The first-order chi connectivity index (χ1) is 7.17. The molecule has 0 aromatic carbocycles. The van der Waals surface area contributed by atoms with E-state index in [4.69, 9.17) is 4.74 Å². The monoisotopic (exact) mass is 209 g/mol. The van der Waals surface area contributed by atoms with Gasteiger partial charge in [-0.25, -0.2) is 9.97 Å². The predicted molar refractivity (Wildman–Crippen MR) is 61.0 cm³/mol. The molecule has 0 aliphatic carbocycles. The van der Waals surface area contributed by atoms with Gasteiger partial charge in [0.1, 0.15) is 11.9 Å². The van der Waals surface area contributed by atoms with E-state index in [-0.39, 0.29) is 6.10 Å². The standard InChI is InChI=1S/C11H19N3O/c1-5-12-10-7-8(3)13-11(14-10)9(4)15-6-2/h7,9H,5-6H2,1-4H3,(H,12,13,14). The van der Waals surface area contributed by atoms with Gasteiger partial charge in [0.2, 0.25) is 0 Å². The van der Waals surface area contributed by atoms with E-state index in [1.807, 2.05) is 33.8 Å². The van der Waals surface area contributed by atoms with Crippen LogP contribution in [0, 0.1) is 6.92 Å². The summed E-state index contributed by atoms with van der Waals surface area (Å²) in [6.45, 7) is 9.48. The average molecular weight is 209 g/mol. The lowest BCUT2D eigenvalue weighted by atomic mass is 10.3. The van der Waals surface area contributed by atoms with E-state index in [1.54, 1.807) is 0 Å². The van der Waals surface area contributed by atoms with E-state index >= 15 is 0 Å². The molecule has 84 valence electrons. The van der Waals surface area contributed by atoms with E-state index < -0.39 is 0 Å². The van der Waals surface area contributed by atoms with E-state index in [2.05, 4.69) is 15.3 Å². The topological polar surface area (TPSA) is 47.0 Å². The van der Waals surface area contributed by atoms with Gasteiger partial charge in [0, 0.05) is 24.9 Å². The Hall–Kier alpha value is -1.16. The van der Waals surface area contributed by atoms with Crippen LogP contribution >= 0.6 is 0 Å². The maximum atomic E-state index is 5.46. The van der Waals surface area contributed by atoms with Crippen LogP contribution in [0.2, 0.25) is 0 Å². The summed E-state index contributed by atoms with van der Waals surface area (Å²) in [5.41, 5.74) is 0.961. The van der Waals surface area contributed by atoms with E-state index in [9.17, 15) is 0 Å². The molecule has 1 aromatic heterocycles. The molecule has 15 heavy (non-hydrogen) atoms. The van der Waals surface area contributed by atoms with Crippen molar-refractivity contribution >= 4 is 5.82 Å². The van der Waals surface area contributed by atoms with E-state index in [1.165, 1.54) is 0 Å². The maximum absolute atomic E-state index is 5.46. The number of hydrogen-bond donors (Lipinski definition) is 1. The van der Waals surface area contributed by atoms with Gasteiger partial charge in [0.15, 0.2) is 5.82 Å². The van der Waals surface area contributed by atoms with Crippen molar-refractivity contribution in [2.24, 2.45) is 0 Å². The zero-order chi connectivity index (χ0) is 11.3. The highest BCUT2D eigenvalue weighted by molar-refractivity contribution is 5.35. The summed E-state index contributed by atoms with van der Waals surface area (Å²) in [6, 6.07) is 1.94. The number of nitrogens with zero attached hydrogens (tertiary/aromatic N) is 2. The predicted octanol–water partition coefficient (Wildman–Crippen LogP) is 2.31. The Kier molecular flexibility index (Phi) is 4.49. The summed E-state index contributed by atoms with van der Waals surface area (Å²) in [5.74, 6) is 1.61. The fourth-order valence-electron chi connectivity index (χ4n) is 1.37. The van der Waals surface area contributed by atoms with Crippen LogP contribution in [0.25, 0.3) is 0 Å². The normalized spacial score (nSPS) is 12.5. The lowest BCUT2D eigenvalue weighted by Crippen LogP contribution is -2.09. The Bertz CT molecular complexity index is 315. The zero-order valence-electron chi connectivity index (χ0n) is 9.87. The van der Waals surface area contributed by atoms with Gasteiger partial charge >= 0.3 is 0 Å². The van der Waals surface area contributed by atoms with Crippen LogP contribution in [-0.2, 0) is 4.74 Å². The van der Waals surface area contributed by atoms with Crippen LogP contribution in [0.5, 0.6) is 0 Å². The molecule has 4 heteroatoms. The molecule has 0 bridgehead atoms. The molecule has 1 N–H and O–H groups in total. The Morgan fingerprint density at radius 2 is 2.13 bits per heavy atom. The minimum atomic E-state index is -0.0488. The molecule has 0 aliphatic heterocycles. The molecule has 0 aliphatic rings. The molecule has 1 heterocycles. The van der Waals surface area contributed by atoms with Gasteiger partial charge in [0.05, 0.1) is 0 Å². The van der Waals surface area contributed by atoms with Crippen molar-refractivity contribution in [2.75, 3.05) is 18.5 Å².